The molecule has 0 bridgehead atoms. The number of thioether (sulfide) groups is 1. The first-order chi connectivity index (χ1) is 3.30. The van der Waals surface area contributed by atoms with Crippen LogP contribution in [0.15, 0.2) is 4.99 Å². The molecule has 1 aliphatic heterocycles. The molecule has 1 aliphatic rings. The van der Waals surface area contributed by atoms with Crippen molar-refractivity contribution in [3.8, 4) is 0 Å². The zero-order chi connectivity index (χ0) is 5.28. The number of amides is 1. The molecule has 0 spiro atoms. The first kappa shape index (κ1) is 4.80. The smallest absolute Gasteiger partial charge is 0.285 e. The second-order valence-corrected chi connectivity index (χ2v) is 1.99. The van der Waals surface area contributed by atoms with Gasteiger partial charge in [0.15, 0.2) is 5.44 Å². The normalized spacial score (nSPS) is 29.3. The Morgan fingerprint density at radius 2 is 2.71 bits per heavy atom. The SMILES string of the molecule is O=C1N=CSC1O. The topological polar surface area (TPSA) is 49.7 Å². The number of carbonyl (C=O) groups is 1. The minimum absolute atomic E-state index is 0.454. The van der Waals surface area contributed by atoms with Gasteiger partial charge in [-0.2, -0.15) is 0 Å². The molecule has 0 radical (unpaired) electrons. The Hall–Kier alpha value is -0.350. The van der Waals surface area contributed by atoms with Crippen LogP contribution in [0.4, 0.5) is 0 Å². The average molecular weight is 117 g/mol. The first-order valence-electron chi connectivity index (χ1n) is 1.70. The van der Waals surface area contributed by atoms with Gasteiger partial charge in [0.2, 0.25) is 0 Å². The molecule has 0 aromatic rings. The van der Waals surface area contributed by atoms with Crippen LogP contribution in [0.3, 0.4) is 0 Å². The molecular formula is C3H3NO2S. The third-order valence-electron chi connectivity index (χ3n) is 0.581. The molecule has 1 amide bonds. The molecule has 4 heteroatoms. The molecular weight excluding hydrogens is 114 g/mol. The van der Waals surface area contributed by atoms with Crippen LogP contribution in [0.2, 0.25) is 0 Å². The van der Waals surface area contributed by atoms with Gasteiger partial charge in [0.05, 0.1) is 5.55 Å². The van der Waals surface area contributed by atoms with Crippen LogP contribution < -0.4 is 0 Å². The lowest BCUT2D eigenvalue weighted by Crippen LogP contribution is -2.07. The minimum Gasteiger partial charge on any atom is -0.373 e. The van der Waals surface area contributed by atoms with Crippen LogP contribution in [0.1, 0.15) is 0 Å². The van der Waals surface area contributed by atoms with E-state index < -0.39 is 11.3 Å². The molecule has 0 saturated carbocycles. The monoisotopic (exact) mass is 117 g/mol. The van der Waals surface area contributed by atoms with Gasteiger partial charge >= 0.3 is 0 Å². The Balaban J connectivity index is 2.62. The van der Waals surface area contributed by atoms with Crippen molar-refractivity contribution >= 4 is 23.2 Å². The van der Waals surface area contributed by atoms with Gasteiger partial charge in [0.25, 0.3) is 5.91 Å². The summed E-state index contributed by atoms with van der Waals surface area (Å²) >= 11 is 1.02. The Morgan fingerprint density at radius 1 is 2.00 bits per heavy atom. The van der Waals surface area contributed by atoms with Crippen molar-refractivity contribution < 1.29 is 9.90 Å². The van der Waals surface area contributed by atoms with Crippen molar-refractivity contribution in [3.63, 3.8) is 0 Å². The number of aliphatic imine (C=N–C) groups is 1. The predicted octanol–water partition coefficient (Wildman–Crippen LogP) is -0.393. The molecule has 0 saturated heterocycles. The van der Waals surface area contributed by atoms with E-state index in [0.29, 0.717) is 0 Å². The molecule has 1 rings (SSSR count). The zero-order valence-corrected chi connectivity index (χ0v) is 4.18. The summed E-state index contributed by atoms with van der Waals surface area (Å²) in [6.07, 6.45) is 0. The number of aliphatic hydroxyl groups excluding tert-OH is 1. The number of hydrogen-bond acceptors (Lipinski definition) is 3. The Labute approximate surface area is 44.4 Å². The van der Waals surface area contributed by atoms with Gasteiger partial charge in [-0.05, 0) is 0 Å². The number of hydrogen-bond donors (Lipinski definition) is 1. The number of carbonyl (C=O) groups excluding carboxylic acids is 1. The number of nitrogens with zero attached hydrogens (tertiary/aromatic N) is 1. The molecule has 0 aromatic heterocycles. The number of rotatable bonds is 0. The summed E-state index contributed by atoms with van der Waals surface area (Å²) in [6, 6.07) is 0. The maximum atomic E-state index is 10.1. The maximum Gasteiger partial charge on any atom is 0.285 e. The summed E-state index contributed by atoms with van der Waals surface area (Å²) in [5.41, 5.74) is 0.410. The minimum atomic E-state index is -0.931. The van der Waals surface area contributed by atoms with Crippen molar-refractivity contribution in [3.05, 3.63) is 0 Å². The molecule has 1 heterocycles. The third-order valence-corrected chi connectivity index (χ3v) is 1.27. The molecule has 0 aliphatic carbocycles. The molecule has 3 nitrogen and oxygen atoms in total. The Bertz CT molecular complexity index is 122. The summed E-state index contributed by atoms with van der Waals surface area (Å²) in [4.78, 5) is 13.4. The van der Waals surface area contributed by atoms with Gasteiger partial charge < -0.3 is 5.11 Å². The lowest BCUT2D eigenvalue weighted by Gasteiger charge is -1.88. The van der Waals surface area contributed by atoms with Crippen molar-refractivity contribution in [2.24, 2.45) is 4.99 Å². The highest BCUT2D eigenvalue weighted by Crippen LogP contribution is 2.11. The van der Waals surface area contributed by atoms with E-state index in [4.69, 9.17) is 5.11 Å². The van der Waals surface area contributed by atoms with Crippen LogP contribution in [-0.4, -0.2) is 22.0 Å². The van der Waals surface area contributed by atoms with Crippen LogP contribution >= 0.6 is 11.8 Å². The van der Waals surface area contributed by atoms with Gasteiger partial charge in [0.1, 0.15) is 0 Å². The van der Waals surface area contributed by atoms with Crippen LogP contribution in [0.25, 0.3) is 0 Å². The van der Waals surface area contributed by atoms with Crippen LogP contribution in [-0.2, 0) is 4.79 Å². The lowest BCUT2D eigenvalue weighted by molar-refractivity contribution is -0.121. The highest BCUT2D eigenvalue weighted by atomic mass is 32.2. The Kier molecular flexibility index (Phi) is 1.12. The van der Waals surface area contributed by atoms with E-state index in [1.807, 2.05) is 0 Å². The Morgan fingerprint density at radius 3 is 2.86 bits per heavy atom. The van der Waals surface area contributed by atoms with Crippen molar-refractivity contribution in [2.75, 3.05) is 0 Å². The van der Waals surface area contributed by atoms with Crippen molar-refractivity contribution in [1.29, 1.82) is 0 Å². The molecule has 0 aromatic carbocycles. The van der Waals surface area contributed by atoms with Gasteiger partial charge in [-0.25, -0.2) is 4.99 Å². The van der Waals surface area contributed by atoms with Gasteiger partial charge in [-0.3, -0.25) is 4.79 Å². The molecule has 1 unspecified atom stereocenters. The van der Waals surface area contributed by atoms with Gasteiger partial charge in [0, 0.05) is 0 Å². The fourth-order valence-electron chi connectivity index (χ4n) is 0.262. The fourth-order valence-corrected chi connectivity index (χ4v) is 0.719. The molecule has 0 fully saturated rings. The average Bonchev–Trinajstić information content (AvgIpc) is 1.91. The van der Waals surface area contributed by atoms with E-state index in [1.54, 1.807) is 0 Å². The van der Waals surface area contributed by atoms with E-state index in [0.717, 1.165) is 11.8 Å². The van der Waals surface area contributed by atoms with E-state index in [2.05, 4.69) is 4.99 Å². The molecule has 7 heavy (non-hydrogen) atoms. The highest BCUT2D eigenvalue weighted by Gasteiger charge is 2.17. The summed E-state index contributed by atoms with van der Waals surface area (Å²) in [7, 11) is 0. The summed E-state index contributed by atoms with van der Waals surface area (Å²) in [5.74, 6) is -0.454. The highest BCUT2D eigenvalue weighted by molar-refractivity contribution is 8.13. The fraction of sp³-hybridized carbons (Fsp3) is 0.333. The van der Waals surface area contributed by atoms with Crippen molar-refractivity contribution in [1.82, 2.24) is 0 Å². The lowest BCUT2D eigenvalue weighted by atomic mass is 10.7. The van der Waals surface area contributed by atoms with Crippen LogP contribution in [0.5, 0.6) is 0 Å². The van der Waals surface area contributed by atoms with Gasteiger partial charge in [-0.1, -0.05) is 11.8 Å². The largest absolute Gasteiger partial charge is 0.373 e. The molecule has 1 N–H and O–H groups in total. The second-order valence-electron chi connectivity index (χ2n) is 1.06. The van der Waals surface area contributed by atoms with Gasteiger partial charge in [-0.15, -0.1) is 0 Å². The maximum absolute atomic E-state index is 10.1. The first-order valence-corrected chi connectivity index (χ1v) is 2.65. The van der Waals surface area contributed by atoms with E-state index >= 15 is 0 Å². The van der Waals surface area contributed by atoms with Crippen LogP contribution in [0, 0.1) is 0 Å². The van der Waals surface area contributed by atoms with E-state index in [1.165, 1.54) is 5.55 Å². The third kappa shape index (κ3) is 0.808. The summed E-state index contributed by atoms with van der Waals surface area (Å²) in [5, 5.41) is 8.49. The van der Waals surface area contributed by atoms with Crippen molar-refractivity contribution in [2.45, 2.75) is 5.44 Å². The summed E-state index contributed by atoms with van der Waals surface area (Å²) in [6.45, 7) is 0. The standard InChI is InChI=1S/C3H3NO2S/c5-2-3(6)7-1-4-2/h1,3,6H. The quantitative estimate of drug-likeness (QED) is 0.470. The second kappa shape index (κ2) is 1.63. The molecule has 38 valence electrons. The predicted molar refractivity (Wildman–Crippen MR) is 27.1 cm³/mol. The molecule has 1 atom stereocenters. The van der Waals surface area contributed by atoms with E-state index in [-0.39, 0.29) is 0 Å². The van der Waals surface area contributed by atoms with E-state index in [9.17, 15) is 4.79 Å². The zero-order valence-electron chi connectivity index (χ0n) is 3.37. The number of aliphatic hydroxyl groups is 1. The summed E-state index contributed by atoms with van der Waals surface area (Å²) < 4.78 is 0.